The molecule has 104 valence electrons. The molecule has 5 nitrogen and oxygen atoms in total. The van der Waals surface area contributed by atoms with Gasteiger partial charge in [-0.3, -0.25) is 4.79 Å². The van der Waals surface area contributed by atoms with Gasteiger partial charge >= 0.3 is 0 Å². The van der Waals surface area contributed by atoms with Crippen molar-refractivity contribution in [2.75, 3.05) is 7.11 Å². The molecule has 0 saturated carbocycles. The van der Waals surface area contributed by atoms with Crippen LogP contribution in [0.1, 0.15) is 31.7 Å². The number of hydrogen-bond donors (Lipinski definition) is 2. The maximum atomic E-state index is 11.3. The molecule has 0 unspecified atom stereocenters. The van der Waals surface area contributed by atoms with E-state index in [2.05, 4.69) is 26.5 Å². The van der Waals surface area contributed by atoms with Crippen LogP contribution in [-0.2, 0) is 4.79 Å². The summed E-state index contributed by atoms with van der Waals surface area (Å²) in [6.45, 7) is 2.02. The monoisotopic (exact) mass is 328 g/mol. The van der Waals surface area contributed by atoms with Crippen molar-refractivity contribution in [1.29, 1.82) is 0 Å². The molecule has 0 aliphatic carbocycles. The van der Waals surface area contributed by atoms with E-state index in [1.807, 2.05) is 6.92 Å². The molecule has 0 saturated heterocycles. The highest BCUT2D eigenvalue weighted by molar-refractivity contribution is 9.10. The van der Waals surface area contributed by atoms with E-state index in [-0.39, 0.29) is 11.7 Å². The van der Waals surface area contributed by atoms with Crippen LogP contribution in [0.25, 0.3) is 0 Å². The SMILES string of the molecule is CCCCC(=O)N/N=C/c1cc(Br)cc(OC)c1O. The zero-order chi connectivity index (χ0) is 14.3. The molecule has 0 spiro atoms. The van der Waals surface area contributed by atoms with Gasteiger partial charge < -0.3 is 9.84 Å². The van der Waals surface area contributed by atoms with Gasteiger partial charge in [0.2, 0.25) is 5.91 Å². The third-order valence-electron chi connectivity index (χ3n) is 2.44. The minimum Gasteiger partial charge on any atom is -0.504 e. The van der Waals surface area contributed by atoms with E-state index in [4.69, 9.17) is 4.74 Å². The molecule has 0 fully saturated rings. The van der Waals surface area contributed by atoms with Gasteiger partial charge in [-0.2, -0.15) is 5.10 Å². The molecule has 0 radical (unpaired) electrons. The standard InChI is InChI=1S/C13H17BrN2O3/c1-3-4-5-12(17)16-15-8-9-6-10(14)7-11(19-2)13(9)18/h6-8,18H,3-5H2,1-2H3,(H,16,17)/b15-8+. The maximum absolute atomic E-state index is 11.3. The third kappa shape index (κ3) is 4.90. The number of halogens is 1. The second-order valence-corrected chi connectivity index (χ2v) is 4.86. The van der Waals surface area contributed by atoms with E-state index < -0.39 is 0 Å². The van der Waals surface area contributed by atoms with E-state index in [9.17, 15) is 9.90 Å². The molecule has 1 aromatic carbocycles. The number of hydrogen-bond acceptors (Lipinski definition) is 4. The van der Waals surface area contributed by atoms with E-state index in [0.29, 0.717) is 17.7 Å². The van der Waals surface area contributed by atoms with E-state index in [1.165, 1.54) is 13.3 Å². The number of unbranched alkanes of at least 4 members (excludes halogenated alkanes) is 1. The molecule has 0 aliphatic heterocycles. The molecular formula is C13H17BrN2O3. The van der Waals surface area contributed by atoms with Gasteiger partial charge in [0.15, 0.2) is 11.5 Å². The minimum absolute atomic E-state index is 0.0164. The van der Waals surface area contributed by atoms with Crippen LogP contribution in [-0.4, -0.2) is 24.3 Å². The van der Waals surface area contributed by atoms with Crippen molar-refractivity contribution in [3.05, 3.63) is 22.2 Å². The normalized spacial score (nSPS) is 10.7. The average molecular weight is 329 g/mol. The number of benzene rings is 1. The molecule has 1 rings (SSSR count). The van der Waals surface area contributed by atoms with Gasteiger partial charge in [0.1, 0.15) is 0 Å². The average Bonchev–Trinajstić information content (AvgIpc) is 2.39. The lowest BCUT2D eigenvalue weighted by Gasteiger charge is -2.06. The van der Waals surface area contributed by atoms with Crippen molar-refractivity contribution in [2.45, 2.75) is 26.2 Å². The van der Waals surface area contributed by atoms with Crippen molar-refractivity contribution in [1.82, 2.24) is 5.43 Å². The molecule has 0 atom stereocenters. The van der Waals surface area contributed by atoms with Crippen molar-refractivity contribution < 1.29 is 14.6 Å². The van der Waals surface area contributed by atoms with Crippen LogP contribution in [0.15, 0.2) is 21.7 Å². The number of hydrazone groups is 1. The molecule has 0 heterocycles. The molecule has 0 bridgehead atoms. The summed E-state index contributed by atoms with van der Waals surface area (Å²) < 4.78 is 5.77. The fourth-order valence-electron chi connectivity index (χ4n) is 1.42. The summed E-state index contributed by atoms with van der Waals surface area (Å²) in [6, 6.07) is 3.33. The summed E-state index contributed by atoms with van der Waals surface area (Å²) in [5.74, 6) is 0.185. The first-order valence-corrected chi connectivity index (χ1v) is 6.76. The van der Waals surface area contributed by atoms with Crippen molar-refractivity contribution in [2.24, 2.45) is 5.10 Å². The number of nitrogens with zero attached hydrogens (tertiary/aromatic N) is 1. The van der Waals surface area contributed by atoms with Crippen molar-refractivity contribution in [3.63, 3.8) is 0 Å². The Bertz CT molecular complexity index is 475. The van der Waals surface area contributed by atoms with Crippen LogP contribution in [0.3, 0.4) is 0 Å². The predicted molar refractivity (Wildman–Crippen MR) is 77.6 cm³/mol. The second kappa shape index (κ2) is 7.78. The number of ether oxygens (including phenoxy) is 1. The summed E-state index contributed by atoms with van der Waals surface area (Å²) in [7, 11) is 1.47. The quantitative estimate of drug-likeness (QED) is 0.623. The lowest BCUT2D eigenvalue weighted by atomic mass is 10.2. The topological polar surface area (TPSA) is 70.9 Å². The Hall–Kier alpha value is -1.56. The predicted octanol–water partition coefficient (Wildman–Crippen LogP) is 2.80. The summed E-state index contributed by atoms with van der Waals surface area (Å²) in [5, 5.41) is 13.7. The number of phenols is 1. The summed E-state index contributed by atoms with van der Waals surface area (Å²) in [4.78, 5) is 11.3. The summed E-state index contributed by atoms with van der Waals surface area (Å²) in [5.41, 5.74) is 2.87. The first-order chi connectivity index (χ1) is 9.08. The molecule has 1 aromatic rings. The molecule has 2 N–H and O–H groups in total. The second-order valence-electron chi connectivity index (χ2n) is 3.94. The Morgan fingerprint density at radius 2 is 2.32 bits per heavy atom. The third-order valence-corrected chi connectivity index (χ3v) is 2.90. The van der Waals surface area contributed by atoms with Crippen molar-refractivity contribution in [3.8, 4) is 11.5 Å². The Morgan fingerprint density at radius 3 is 2.95 bits per heavy atom. The van der Waals surface area contributed by atoms with Gasteiger partial charge in [-0.15, -0.1) is 0 Å². The first-order valence-electron chi connectivity index (χ1n) is 5.96. The largest absolute Gasteiger partial charge is 0.504 e. The van der Waals surface area contributed by atoms with Gasteiger partial charge in [-0.05, 0) is 18.6 Å². The molecule has 1 amide bonds. The first kappa shape index (κ1) is 15.5. The van der Waals surface area contributed by atoms with Gasteiger partial charge in [0.25, 0.3) is 0 Å². The van der Waals surface area contributed by atoms with Gasteiger partial charge in [0.05, 0.1) is 13.3 Å². The Labute approximate surface area is 120 Å². The fourth-order valence-corrected chi connectivity index (χ4v) is 1.87. The van der Waals surface area contributed by atoms with E-state index >= 15 is 0 Å². The van der Waals surface area contributed by atoms with Crippen LogP contribution >= 0.6 is 15.9 Å². The van der Waals surface area contributed by atoms with E-state index in [0.717, 1.165) is 17.3 Å². The van der Waals surface area contributed by atoms with Gasteiger partial charge in [-0.25, -0.2) is 5.43 Å². The smallest absolute Gasteiger partial charge is 0.240 e. The minimum atomic E-state index is -0.139. The van der Waals surface area contributed by atoms with Crippen LogP contribution in [0.5, 0.6) is 11.5 Å². The molecule has 0 aliphatic rings. The number of nitrogens with one attached hydrogen (secondary N) is 1. The Morgan fingerprint density at radius 1 is 1.58 bits per heavy atom. The lowest BCUT2D eigenvalue weighted by molar-refractivity contribution is -0.121. The van der Waals surface area contributed by atoms with Gasteiger partial charge in [-0.1, -0.05) is 29.3 Å². The highest BCUT2D eigenvalue weighted by atomic mass is 79.9. The molecule has 6 heteroatoms. The maximum Gasteiger partial charge on any atom is 0.240 e. The summed E-state index contributed by atoms with van der Waals surface area (Å²) >= 11 is 3.30. The number of aromatic hydroxyl groups is 1. The number of carbonyl (C=O) groups is 1. The molecule has 0 aromatic heterocycles. The van der Waals surface area contributed by atoms with Crippen LogP contribution in [0, 0.1) is 0 Å². The van der Waals surface area contributed by atoms with Crippen LogP contribution in [0.4, 0.5) is 0 Å². The highest BCUT2D eigenvalue weighted by Gasteiger charge is 2.08. The fraction of sp³-hybridized carbons (Fsp3) is 0.385. The van der Waals surface area contributed by atoms with Crippen molar-refractivity contribution >= 4 is 28.1 Å². The van der Waals surface area contributed by atoms with E-state index in [1.54, 1.807) is 12.1 Å². The highest BCUT2D eigenvalue weighted by Crippen LogP contribution is 2.32. The summed E-state index contributed by atoms with van der Waals surface area (Å²) in [6.07, 6.45) is 3.62. The lowest BCUT2D eigenvalue weighted by Crippen LogP contribution is -2.16. The zero-order valence-electron chi connectivity index (χ0n) is 10.9. The number of amides is 1. The zero-order valence-corrected chi connectivity index (χ0v) is 12.5. The Balaban J connectivity index is 2.71. The molecule has 19 heavy (non-hydrogen) atoms. The Kier molecular flexibility index (Phi) is 6.35. The van der Waals surface area contributed by atoms with Crippen LogP contribution in [0.2, 0.25) is 0 Å². The molecular weight excluding hydrogens is 312 g/mol. The van der Waals surface area contributed by atoms with Gasteiger partial charge in [0, 0.05) is 16.5 Å². The number of methoxy groups -OCH3 is 1. The number of carbonyl (C=O) groups excluding carboxylic acids is 1. The number of phenolic OH excluding ortho intramolecular Hbond substituents is 1. The number of rotatable bonds is 6. The van der Waals surface area contributed by atoms with Crippen LogP contribution < -0.4 is 10.2 Å².